The van der Waals surface area contributed by atoms with Gasteiger partial charge >= 0.3 is 12.5 Å². The molecule has 3 nitrogen and oxygen atoms in total. The van der Waals surface area contributed by atoms with E-state index in [0.717, 1.165) is 44.6 Å². The van der Waals surface area contributed by atoms with Gasteiger partial charge in [-0.05, 0) is 24.1 Å². The lowest BCUT2D eigenvalue weighted by atomic mass is 10.00. The molecule has 1 aliphatic rings. The molecule has 1 heterocycles. The lowest BCUT2D eigenvalue weighted by Gasteiger charge is -2.35. The van der Waals surface area contributed by atoms with Crippen LogP contribution in [0.2, 0.25) is 0 Å². The molecule has 1 atom stereocenters. The van der Waals surface area contributed by atoms with Gasteiger partial charge in [0.2, 0.25) is 0 Å². The Hall–Kier alpha value is -1.05. The van der Waals surface area contributed by atoms with E-state index in [1.54, 1.807) is 12.1 Å². The lowest BCUT2D eigenvalue weighted by molar-refractivity contribution is -0.253. The van der Waals surface area contributed by atoms with Crippen LogP contribution in [-0.4, -0.2) is 43.6 Å². The van der Waals surface area contributed by atoms with Crippen LogP contribution in [0.15, 0.2) is 24.3 Å². The molecular formula is C16H23ClF4N2O. The molecule has 0 spiro atoms. The van der Waals surface area contributed by atoms with Crippen molar-refractivity contribution in [3.8, 4) is 5.75 Å². The Balaban J connectivity index is 0.00000288. The van der Waals surface area contributed by atoms with Crippen molar-refractivity contribution in [2.45, 2.75) is 38.3 Å². The average molecular weight is 371 g/mol. The maximum absolute atomic E-state index is 12.9. The van der Waals surface area contributed by atoms with Crippen LogP contribution in [0.5, 0.6) is 5.75 Å². The molecule has 1 aromatic carbocycles. The SMILES string of the molecule is CCC[C@H](c1ccc(OC(F)(F)C(F)F)cc1)N1CCNCC1.Cl. The quantitative estimate of drug-likeness (QED) is 0.732. The highest BCUT2D eigenvalue weighted by molar-refractivity contribution is 5.85. The number of benzene rings is 1. The summed E-state index contributed by atoms with van der Waals surface area (Å²) in [6.07, 6.45) is -6.37. The normalized spacial score (nSPS) is 17.4. The molecule has 0 aromatic heterocycles. The van der Waals surface area contributed by atoms with Crippen LogP contribution in [0.25, 0.3) is 0 Å². The van der Waals surface area contributed by atoms with Gasteiger partial charge < -0.3 is 10.1 Å². The molecule has 24 heavy (non-hydrogen) atoms. The van der Waals surface area contributed by atoms with E-state index >= 15 is 0 Å². The molecule has 1 fully saturated rings. The van der Waals surface area contributed by atoms with Crippen molar-refractivity contribution in [3.05, 3.63) is 29.8 Å². The first-order valence-electron chi connectivity index (χ1n) is 7.83. The van der Waals surface area contributed by atoms with Crippen molar-refractivity contribution in [1.82, 2.24) is 10.2 Å². The van der Waals surface area contributed by atoms with Crippen LogP contribution in [0, 0.1) is 0 Å². The highest BCUT2D eigenvalue weighted by atomic mass is 35.5. The van der Waals surface area contributed by atoms with Crippen LogP contribution < -0.4 is 10.1 Å². The van der Waals surface area contributed by atoms with Gasteiger partial charge in [0.1, 0.15) is 5.75 Å². The van der Waals surface area contributed by atoms with E-state index in [-0.39, 0.29) is 24.2 Å². The van der Waals surface area contributed by atoms with Crippen LogP contribution in [0.1, 0.15) is 31.4 Å². The molecule has 0 bridgehead atoms. The van der Waals surface area contributed by atoms with E-state index in [1.807, 2.05) is 0 Å². The third-order valence-electron chi connectivity index (χ3n) is 3.93. The number of halogens is 5. The van der Waals surface area contributed by atoms with E-state index in [0.29, 0.717) is 0 Å². The van der Waals surface area contributed by atoms with E-state index in [2.05, 4.69) is 21.9 Å². The first-order valence-corrected chi connectivity index (χ1v) is 7.83. The Morgan fingerprint density at radius 2 is 1.75 bits per heavy atom. The molecule has 1 aliphatic heterocycles. The van der Waals surface area contributed by atoms with Crippen molar-refractivity contribution < 1.29 is 22.3 Å². The third-order valence-corrected chi connectivity index (χ3v) is 3.93. The zero-order chi connectivity index (χ0) is 16.9. The summed E-state index contributed by atoms with van der Waals surface area (Å²) in [6, 6.07) is 6.22. The fourth-order valence-electron chi connectivity index (χ4n) is 2.79. The largest absolute Gasteiger partial charge is 0.461 e. The number of alkyl halides is 4. The highest BCUT2D eigenvalue weighted by Gasteiger charge is 2.43. The predicted octanol–water partition coefficient (Wildman–Crippen LogP) is 4.09. The summed E-state index contributed by atoms with van der Waals surface area (Å²) in [6.45, 7) is 5.78. The minimum absolute atomic E-state index is 0. The fourth-order valence-corrected chi connectivity index (χ4v) is 2.79. The Labute approximate surface area is 145 Å². The summed E-state index contributed by atoms with van der Waals surface area (Å²) >= 11 is 0. The molecule has 0 radical (unpaired) electrons. The number of hydrogen-bond acceptors (Lipinski definition) is 3. The van der Waals surface area contributed by atoms with Crippen LogP contribution in [-0.2, 0) is 0 Å². The number of rotatable bonds is 7. The van der Waals surface area contributed by atoms with Gasteiger partial charge in [0.15, 0.2) is 0 Å². The van der Waals surface area contributed by atoms with Gasteiger partial charge in [0.25, 0.3) is 0 Å². The maximum Gasteiger partial charge on any atom is 0.461 e. The van der Waals surface area contributed by atoms with Gasteiger partial charge in [-0.25, -0.2) is 0 Å². The second-order valence-electron chi connectivity index (χ2n) is 5.62. The first kappa shape index (κ1) is 21.0. The first-order chi connectivity index (χ1) is 10.9. The van der Waals surface area contributed by atoms with Gasteiger partial charge in [-0.1, -0.05) is 25.5 Å². The zero-order valence-corrected chi connectivity index (χ0v) is 14.3. The van der Waals surface area contributed by atoms with Crippen LogP contribution >= 0.6 is 12.4 Å². The molecule has 0 unspecified atom stereocenters. The summed E-state index contributed by atoms with van der Waals surface area (Å²) in [5, 5.41) is 3.29. The van der Waals surface area contributed by atoms with Crippen molar-refractivity contribution in [2.24, 2.45) is 0 Å². The molecule has 0 aliphatic carbocycles. The van der Waals surface area contributed by atoms with E-state index in [9.17, 15) is 17.6 Å². The van der Waals surface area contributed by atoms with E-state index < -0.39 is 12.5 Å². The van der Waals surface area contributed by atoms with Crippen molar-refractivity contribution in [1.29, 1.82) is 0 Å². The van der Waals surface area contributed by atoms with Crippen LogP contribution in [0.3, 0.4) is 0 Å². The Bertz CT molecular complexity index is 481. The Morgan fingerprint density at radius 1 is 1.17 bits per heavy atom. The highest BCUT2D eigenvalue weighted by Crippen LogP contribution is 2.31. The second-order valence-corrected chi connectivity index (χ2v) is 5.62. The molecule has 1 N–H and O–H groups in total. The summed E-state index contributed by atoms with van der Waals surface area (Å²) in [7, 11) is 0. The fraction of sp³-hybridized carbons (Fsp3) is 0.625. The number of ether oxygens (including phenoxy) is 1. The van der Waals surface area contributed by atoms with Gasteiger partial charge in [-0.15, -0.1) is 12.4 Å². The van der Waals surface area contributed by atoms with Crippen LogP contribution in [0.4, 0.5) is 17.6 Å². The van der Waals surface area contributed by atoms with E-state index in [4.69, 9.17) is 0 Å². The minimum atomic E-state index is -4.47. The maximum atomic E-state index is 12.9. The standard InChI is InChI=1S/C16H22F4N2O.ClH/c1-2-3-14(22-10-8-21-9-11-22)12-4-6-13(7-5-12)23-16(19,20)15(17)18;/h4-7,14-15,21H,2-3,8-11H2,1H3;1H/t14-;/m1./s1. The lowest BCUT2D eigenvalue weighted by Crippen LogP contribution is -2.45. The number of nitrogens with one attached hydrogen (secondary N) is 1. The van der Waals surface area contributed by atoms with Gasteiger partial charge in [-0.3, -0.25) is 4.90 Å². The Kier molecular flexibility index (Phi) is 8.26. The monoisotopic (exact) mass is 370 g/mol. The van der Waals surface area contributed by atoms with Gasteiger partial charge in [0, 0.05) is 32.2 Å². The minimum Gasteiger partial charge on any atom is -0.428 e. The van der Waals surface area contributed by atoms with Gasteiger partial charge in [0.05, 0.1) is 0 Å². The second kappa shape index (κ2) is 9.44. The average Bonchev–Trinajstić information content (AvgIpc) is 2.54. The number of piperazine rings is 1. The van der Waals surface area contributed by atoms with Gasteiger partial charge in [-0.2, -0.15) is 17.6 Å². The summed E-state index contributed by atoms with van der Waals surface area (Å²) in [4.78, 5) is 2.35. The smallest absolute Gasteiger partial charge is 0.428 e. The van der Waals surface area contributed by atoms with E-state index in [1.165, 1.54) is 12.1 Å². The topological polar surface area (TPSA) is 24.5 Å². The molecule has 1 aromatic rings. The molecular weight excluding hydrogens is 348 g/mol. The zero-order valence-electron chi connectivity index (χ0n) is 13.5. The molecule has 0 amide bonds. The summed E-state index contributed by atoms with van der Waals surface area (Å²) in [5.74, 6) is -0.255. The molecule has 138 valence electrons. The predicted molar refractivity (Wildman–Crippen MR) is 87.4 cm³/mol. The van der Waals surface area contributed by atoms with Crippen molar-refractivity contribution in [3.63, 3.8) is 0 Å². The molecule has 1 saturated heterocycles. The van der Waals surface area contributed by atoms with Crippen molar-refractivity contribution in [2.75, 3.05) is 26.2 Å². The van der Waals surface area contributed by atoms with Crippen molar-refractivity contribution >= 4 is 12.4 Å². The molecule has 2 rings (SSSR count). The summed E-state index contributed by atoms with van der Waals surface area (Å²) in [5.41, 5.74) is 0.987. The molecule has 0 saturated carbocycles. The number of hydrogen-bond donors (Lipinski definition) is 1. The Morgan fingerprint density at radius 3 is 2.25 bits per heavy atom. The summed E-state index contributed by atoms with van der Waals surface area (Å²) < 4.78 is 54.3. The number of nitrogens with zero attached hydrogens (tertiary/aromatic N) is 1. The molecule has 8 heteroatoms. The third kappa shape index (κ3) is 5.50.